The lowest BCUT2D eigenvalue weighted by Gasteiger charge is -2.56. The second kappa shape index (κ2) is 17.1. The highest BCUT2D eigenvalue weighted by Crippen LogP contribution is 2.69. The summed E-state index contributed by atoms with van der Waals surface area (Å²) in [5, 5.41) is 2.35. The Morgan fingerprint density at radius 1 is 0.684 bits per heavy atom. The van der Waals surface area contributed by atoms with Crippen LogP contribution in [0.15, 0.2) is 253 Å². The molecule has 1 spiro atoms. The first-order chi connectivity index (χ1) is 37.1. The maximum absolute atomic E-state index is 7.36. The number of allylic oxidation sites excluding steroid dienone is 13. The molecular weight excluding hydrogens is 945 g/mol. The van der Waals surface area contributed by atoms with Gasteiger partial charge < -0.3 is 19.0 Å². The molecule has 0 bridgehead atoms. The van der Waals surface area contributed by atoms with E-state index in [1.165, 1.54) is 82.1 Å². The monoisotopic (exact) mass is 1010 g/mol. The standard InChI is InChI=1S/C71H64N2O2S/c1-42-28-33-47(34-29-42)72(61-25-15-21-52-50-19-13-16-45(4)66(50)74-68(52)61)49-37-39-55-59(40-49)71(57-23-9-11-26-62(57)76-63-27-12-10-24-58(63)71)60-41-70(6,56-22-8-7-18-54(56)64(55)60)73(48-35-30-43(2)31-36-48)65-44(3)32-38-53-51-20-14-17-46(5)67(51)75-69(53)65/h7-31,33,35-39,41,44,47,49,51,54,56,64,67H,32,34,40H2,1-6H3. The lowest BCUT2D eigenvalue weighted by atomic mass is 9.56. The first-order valence-electron chi connectivity index (χ1n) is 27.9. The SMILES string of the molecule is CC1=CCC(N(c2cccc3c2oc2c(C)cccc23)C2C=CC3=C(C2)C2(C4=CC(C)(N(C5=C6OC7C(C)=CC=CC7C6=CCC5C)c5ccc(C)cc5)C5C=CC=CC5C43)c3ccccc3Sc3ccccc32)C=C1. The third-order valence-corrected chi connectivity index (χ3v) is 20.1. The summed E-state index contributed by atoms with van der Waals surface area (Å²) in [6.45, 7) is 13.9. The van der Waals surface area contributed by atoms with E-state index in [1.54, 1.807) is 0 Å². The largest absolute Gasteiger partial charge is 0.483 e. The van der Waals surface area contributed by atoms with Crippen molar-refractivity contribution < 1.29 is 9.15 Å². The van der Waals surface area contributed by atoms with E-state index in [-0.39, 0.29) is 47.8 Å². The number of anilines is 2. The van der Waals surface area contributed by atoms with Crippen LogP contribution in [0.25, 0.3) is 21.9 Å². The first kappa shape index (κ1) is 46.1. The third-order valence-electron chi connectivity index (χ3n) is 19.0. The van der Waals surface area contributed by atoms with E-state index >= 15 is 0 Å². The maximum Gasteiger partial charge on any atom is 0.158 e. The molecular formula is C71H64N2O2S. The molecule has 9 aliphatic rings. The summed E-state index contributed by atoms with van der Waals surface area (Å²) >= 11 is 1.94. The summed E-state index contributed by atoms with van der Waals surface area (Å²) in [7, 11) is 0. The van der Waals surface area contributed by atoms with Gasteiger partial charge in [-0.15, -0.1) is 0 Å². The van der Waals surface area contributed by atoms with Crippen molar-refractivity contribution in [3.63, 3.8) is 0 Å². The number of hydrogen-bond donors (Lipinski definition) is 0. The number of nitrogens with zero attached hydrogens (tertiary/aromatic N) is 2. The van der Waals surface area contributed by atoms with Gasteiger partial charge in [-0.1, -0.05) is 194 Å². The van der Waals surface area contributed by atoms with E-state index in [9.17, 15) is 0 Å². The number of fused-ring (bicyclic) bond motifs is 16. The van der Waals surface area contributed by atoms with E-state index in [4.69, 9.17) is 9.15 Å². The predicted octanol–water partition coefficient (Wildman–Crippen LogP) is 17.3. The minimum absolute atomic E-state index is 0.00623. The molecule has 376 valence electrons. The van der Waals surface area contributed by atoms with Gasteiger partial charge in [0.1, 0.15) is 17.4 Å². The molecule has 76 heavy (non-hydrogen) atoms. The number of ether oxygens (including phenoxy) is 1. The van der Waals surface area contributed by atoms with Crippen molar-refractivity contribution in [1.29, 1.82) is 0 Å². The van der Waals surface area contributed by atoms with E-state index in [0.717, 1.165) is 47.4 Å². The van der Waals surface area contributed by atoms with Gasteiger partial charge in [0.25, 0.3) is 0 Å². The maximum atomic E-state index is 7.36. The van der Waals surface area contributed by atoms with Gasteiger partial charge in [0.2, 0.25) is 0 Å². The van der Waals surface area contributed by atoms with Crippen LogP contribution in [0.4, 0.5) is 11.4 Å². The highest BCUT2D eigenvalue weighted by Gasteiger charge is 2.62. The van der Waals surface area contributed by atoms with Gasteiger partial charge in [-0.3, -0.25) is 0 Å². The van der Waals surface area contributed by atoms with E-state index in [0.29, 0.717) is 0 Å². The minimum Gasteiger partial charge on any atom is -0.483 e. The Kier molecular flexibility index (Phi) is 10.4. The Morgan fingerprint density at radius 3 is 2.20 bits per heavy atom. The summed E-state index contributed by atoms with van der Waals surface area (Å²) in [5.41, 5.74) is 18.2. The Hall–Kier alpha value is -7.21. The van der Waals surface area contributed by atoms with Gasteiger partial charge >= 0.3 is 0 Å². The molecule has 5 heteroatoms. The first-order valence-corrected chi connectivity index (χ1v) is 28.7. The zero-order valence-corrected chi connectivity index (χ0v) is 45.2. The van der Waals surface area contributed by atoms with Crippen LogP contribution in [0.3, 0.4) is 0 Å². The Balaban J connectivity index is 0.978. The molecule has 9 unspecified atom stereocenters. The zero-order chi connectivity index (χ0) is 51.2. The fourth-order valence-corrected chi connectivity index (χ4v) is 16.8. The van der Waals surface area contributed by atoms with Crippen molar-refractivity contribution in [1.82, 2.24) is 0 Å². The molecule has 2 aliphatic heterocycles. The molecule has 0 saturated carbocycles. The van der Waals surface area contributed by atoms with Gasteiger partial charge in [0.05, 0.1) is 34.4 Å². The quantitative estimate of drug-likeness (QED) is 0.155. The normalized spacial score (nSPS) is 28.9. The molecule has 15 rings (SSSR count). The van der Waals surface area contributed by atoms with E-state index < -0.39 is 11.0 Å². The number of rotatable bonds is 6. The van der Waals surface area contributed by atoms with Gasteiger partial charge in [0.15, 0.2) is 5.58 Å². The Bertz CT molecular complexity index is 3800. The minimum atomic E-state index is -0.540. The zero-order valence-electron chi connectivity index (χ0n) is 44.3. The van der Waals surface area contributed by atoms with Gasteiger partial charge in [-0.2, -0.15) is 0 Å². The molecule has 0 amide bonds. The molecule has 9 atom stereocenters. The molecule has 1 saturated heterocycles. The Morgan fingerprint density at radius 2 is 1.42 bits per heavy atom. The van der Waals surface area contributed by atoms with E-state index in [2.05, 4.69) is 246 Å². The molecule has 5 aromatic carbocycles. The number of hydrogen-bond acceptors (Lipinski definition) is 5. The number of benzene rings is 5. The third kappa shape index (κ3) is 6.51. The summed E-state index contributed by atoms with van der Waals surface area (Å²) in [4.78, 5) is 8.19. The molecule has 6 aromatic rings. The van der Waals surface area contributed by atoms with E-state index in [1.807, 2.05) is 11.8 Å². The highest BCUT2D eigenvalue weighted by molar-refractivity contribution is 7.99. The average Bonchev–Trinajstić information content (AvgIpc) is 4.30. The summed E-state index contributed by atoms with van der Waals surface area (Å²) in [6, 6.07) is 41.8. The number of furan rings is 1. The fraction of sp³-hybridized carbons (Fsp3) is 0.268. The summed E-state index contributed by atoms with van der Waals surface area (Å²) < 4.78 is 14.4. The van der Waals surface area contributed by atoms with Crippen molar-refractivity contribution in [2.75, 3.05) is 9.80 Å². The summed E-state index contributed by atoms with van der Waals surface area (Å²) in [5.74, 6) is 1.97. The second-order valence-electron chi connectivity index (χ2n) is 23.4. The van der Waals surface area contributed by atoms with Gasteiger partial charge in [0, 0.05) is 55.5 Å². The van der Waals surface area contributed by atoms with Crippen molar-refractivity contribution >= 4 is 45.1 Å². The van der Waals surface area contributed by atoms with Crippen molar-refractivity contribution in [3.05, 3.63) is 261 Å². The molecule has 4 nitrogen and oxygen atoms in total. The molecule has 1 fully saturated rings. The molecule has 0 N–H and O–H groups in total. The van der Waals surface area contributed by atoms with Crippen LogP contribution >= 0.6 is 11.8 Å². The summed E-state index contributed by atoms with van der Waals surface area (Å²) in [6.07, 6.45) is 37.1. The Labute approximate surface area is 452 Å². The van der Waals surface area contributed by atoms with Crippen LogP contribution in [0.2, 0.25) is 0 Å². The van der Waals surface area contributed by atoms with Crippen molar-refractivity contribution in [3.8, 4) is 0 Å². The molecule has 1 aromatic heterocycles. The predicted molar refractivity (Wildman–Crippen MR) is 314 cm³/mol. The van der Waals surface area contributed by atoms with Crippen molar-refractivity contribution in [2.45, 2.75) is 99.7 Å². The highest BCUT2D eigenvalue weighted by atomic mass is 32.2. The van der Waals surface area contributed by atoms with Gasteiger partial charge in [-0.25, -0.2) is 0 Å². The number of para-hydroxylation sites is 2. The fourth-order valence-electron chi connectivity index (χ4n) is 15.6. The lowest BCUT2D eigenvalue weighted by molar-refractivity contribution is 0.166. The molecule has 3 heterocycles. The van der Waals surface area contributed by atoms with Crippen LogP contribution in [-0.2, 0) is 10.2 Å². The second-order valence-corrected chi connectivity index (χ2v) is 24.4. The number of aryl methyl sites for hydroxylation is 2. The molecule has 0 radical (unpaired) electrons. The van der Waals surface area contributed by atoms with Crippen LogP contribution in [0, 0.1) is 43.4 Å². The topological polar surface area (TPSA) is 28.9 Å². The average molecular weight is 1010 g/mol. The van der Waals surface area contributed by atoms with Crippen molar-refractivity contribution in [2.24, 2.45) is 29.6 Å². The lowest BCUT2D eigenvalue weighted by Crippen LogP contribution is -2.57. The molecule has 7 aliphatic carbocycles. The van der Waals surface area contributed by atoms with Crippen LogP contribution in [-0.4, -0.2) is 23.7 Å². The van der Waals surface area contributed by atoms with Crippen LogP contribution < -0.4 is 9.80 Å². The van der Waals surface area contributed by atoms with Gasteiger partial charge in [-0.05, 0) is 129 Å². The smallest absolute Gasteiger partial charge is 0.158 e. The van der Waals surface area contributed by atoms with Crippen LogP contribution in [0.5, 0.6) is 0 Å². The van der Waals surface area contributed by atoms with Crippen LogP contribution in [0.1, 0.15) is 69.2 Å².